The topological polar surface area (TPSA) is 71.7 Å². The number of aliphatic hydroxyl groups is 1. The molecule has 0 radical (unpaired) electrons. The molecule has 0 spiro atoms. The molecule has 3 atom stereocenters. The van der Waals surface area contributed by atoms with Crippen LogP contribution in [0.3, 0.4) is 0 Å². The van der Waals surface area contributed by atoms with Gasteiger partial charge in [0, 0.05) is 13.2 Å². The first-order valence-corrected chi connectivity index (χ1v) is 10.3. The van der Waals surface area contributed by atoms with Crippen LogP contribution >= 0.6 is 0 Å². The summed E-state index contributed by atoms with van der Waals surface area (Å²) >= 11 is 0. The molecule has 0 aromatic rings. The highest BCUT2D eigenvalue weighted by Gasteiger charge is 2.44. The number of methoxy groups -OCH3 is 1. The van der Waals surface area contributed by atoms with Gasteiger partial charge in [-0.2, -0.15) is 5.26 Å². The Morgan fingerprint density at radius 3 is 2.55 bits per heavy atom. The van der Waals surface area contributed by atoms with Gasteiger partial charge in [-0.1, -0.05) is 32.9 Å². The van der Waals surface area contributed by atoms with Crippen LogP contribution in [0.15, 0.2) is 23.8 Å². The van der Waals surface area contributed by atoms with E-state index in [-0.39, 0.29) is 11.8 Å². The summed E-state index contributed by atoms with van der Waals surface area (Å²) in [4.78, 5) is 0. The van der Waals surface area contributed by atoms with Crippen molar-refractivity contribution < 1.29 is 19.0 Å². The Hall–Kier alpha value is -0.973. The van der Waals surface area contributed by atoms with E-state index in [1.165, 1.54) is 6.08 Å². The molecule has 5 nitrogen and oxygen atoms in total. The van der Waals surface area contributed by atoms with E-state index < -0.39 is 26.6 Å². The highest BCUT2D eigenvalue weighted by atomic mass is 28.4. The minimum absolute atomic E-state index is 0.0127. The Morgan fingerprint density at radius 2 is 2.05 bits per heavy atom. The van der Waals surface area contributed by atoms with Crippen LogP contribution in [0.4, 0.5) is 0 Å². The van der Waals surface area contributed by atoms with E-state index in [1.807, 2.05) is 12.1 Å². The predicted molar refractivity (Wildman–Crippen MR) is 87.7 cm³/mol. The molecule has 1 aliphatic rings. The third-order valence-electron chi connectivity index (χ3n) is 4.30. The lowest BCUT2D eigenvalue weighted by Crippen LogP contribution is -2.53. The standard InChI is InChI=1S/C16H27NO4Si/c1-16(2,3)22(5,6)21-15-13(20-11-19-4)8-7-12(9-10-17)14(15)18/h7-9,13-15,18H,11H2,1-6H3/b12-9+/t13-,14+,15+/m1/s1. The third kappa shape index (κ3) is 4.51. The second-order valence-corrected chi connectivity index (χ2v) is 11.7. The van der Waals surface area contributed by atoms with Crippen molar-refractivity contribution in [2.24, 2.45) is 0 Å². The summed E-state index contributed by atoms with van der Waals surface area (Å²) in [7, 11) is -0.543. The minimum Gasteiger partial charge on any atom is -0.408 e. The lowest BCUT2D eigenvalue weighted by Gasteiger charge is -2.43. The molecule has 6 heteroatoms. The predicted octanol–water partition coefficient (Wildman–Crippen LogP) is 2.75. The highest BCUT2D eigenvalue weighted by molar-refractivity contribution is 6.74. The molecule has 0 unspecified atom stereocenters. The van der Waals surface area contributed by atoms with E-state index >= 15 is 0 Å². The maximum Gasteiger partial charge on any atom is 0.192 e. The second kappa shape index (κ2) is 7.53. The van der Waals surface area contributed by atoms with Crippen molar-refractivity contribution in [2.45, 2.75) is 57.2 Å². The minimum atomic E-state index is -2.09. The number of ether oxygens (including phenoxy) is 2. The lowest BCUT2D eigenvalue weighted by atomic mass is 9.93. The Labute approximate surface area is 134 Å². The summed E-state index contributed by atoms with van der Waals surface area (Å²) in [6.45, 7) is 10.8. The van der Waals surface area contributed by atoms with Crippen LogP contribution < -0.4 is 0 Å². The summed E-state index contributed by atoms with van der Waals surface area (Å²) in [5.41, 5.74) is 0.545. The zero-order chi connectivity index (χ0) is 17.0. The van der Waals surface area contributed by atoms with Crippen LogP contribution in [0.2, 0.25) is 18.1 Å². The molecule has 0 saturated heterocycles. The molecule has 1 aliphatic carbocycles. The molecule has 0 bridgehead atoms. The van der Waals surface area contributed by atoms with Crippen LogP contribution in [0.5, 0.6) is 0 Å². The van der Waals surface area contributed by atoms with Gasteiger partial charge in [-0.3, -0.25) is 0 Å². The second-order valence-electron chi connectivity index (χ2n) is 6.96. The van der Waals surface area contributed by atoms with Gasteiger partial charge in [0.25, 0.3) is 0 Å². The summed E-state index contributed by atoms with van der Waals surface area (Å²) in [6.07, 6.45) is 3.03. The molecule has 0 aliphatic heterocycles. The van der Waals surface area contributed by atoms with E-state index in [0.717, 1.165) is 0 Å². The highest BCUT2D eigenvalue weighted by Crippen LogP contribution is 2.39. The smallest absolute Gasteiger partial charge is 0.192 e. The Morgan fingerprint density at radius 1 is 1.41 bits per heavy atom. The number of aliphatic hydroxyl groups excluding tert-OH is 1. The van der Waals surface area contributed by atoms with Gasteiger partial charge in [0.1, 0.15) is 25.1 Å². The molecule has 0 amide bonds. The molecular weight excluding hydrogens is 298 g/mol. The fraction of sp³-hybridized carbons (Fsp3) is 0.688. The van der Waals surface area contributed by atoms with Gasteiger partial charge >= 0.3 is 0 Å². The van der Waals surface area contributed by atoms with Crippen molar-refractivity contribution in [3.63, 3.8) is 0 Å². The SMILES string of the molecule is COCO[C@@H]1C=C/C(=C\C#N)[C@H](O)[C@H]1O[Si](C)(C)C(C)(C)C. The van der Waals surface area contributed by atoms with E-state index in [9.17, 15) is 5.11 Å². The van der Waals surface area contributed by atoms with Gasteiger partial charge in [0.2, 0.25) is 0 Å². The molecule has 0 heterocycles. The molecule has 124 valence electrons. The third-order valence-corrected chi connectivity index (χ3v) is 8.78. The van der Waals surface area contributed by atoms with E-state index in [0.29, 0.717) is 5.57 Å². The first-order valence-electron chi connectivity index (χ1n) is 7.38. The first-order chi connectivity index (χ1) is 10.1. The van der Waals surface area contributed by atoms with Gasteiger partial charge in [-0.05, 0) is 23.7 Å². The van der Waals surface area contributed by atoms with E-state index in [2.05, 4.69) is 33.9 Å². The average molecular weight is 325 g/mol. The van der Waals surface area contributed by atoms with Gasteiger partial charge in [-0.25, -0.2) is 0 Å². The Balaban J connectivity index is 3.05. The van der Waals surface area contributed by atoms with Crippen LogP contribution in [0, 0.1) is 11.3 Å². The van der Waals surface area contributed by atoms with Crippen molar-refractivity contribution in [2.75, 3.05) is 13.9 Å². The van der Waals surface area contributed by atoms with Crippen LogP contribution in [-0.2, 0) is 13.9 Å². The number of nitriles is 1. The van der Waals surface area contributed by atoms with Gasteiger partial charge in [-0.15, -0.1) is 0 Å². The largest absolute Gasteiger partial charge is 0.408 e. The van der Waals surface area contributed by atoms with Crippen LogP contribution in [0.1, 0.15) is 20.8 Å². The maximum absolute atomic E-state index is 10.6. The zero-order valence-electron chi connectivity index (χ0n) is 14.3. The summed E-state index contributed by atoms with van der Waals surface area (Å²) in [5, 5.41) is 19.4. The first kappa shape index (κ1) is 19.1. The number of rotatable bonds is 5. The lowest BCUT2D eigenvalue weighted by molar-refractivity contribution is -0.111. The number of allylic oxidation sites excluding steroid dienone is 1. The monoisotopic (exact) mass is 325 g/mol. The van der Waals surface area contributed by atoms with E-state index in [4.69, 9.17) is 19.2 Å². The molecule has 0 aromatic carbocycles. The molecule has 0 fully saturated rings. The van der Waals surface area contributed by atoms with Crippen molar-refractivity contribution in [1.82, 2.24) is 0 Å². The molecular formula is C16H27NO4Si. The van der Waals surface area contributed by atoms with Crippen molar-refractivity contribution in [3.8, 4) is 6.07 Å². The molecule has 1 N–H and O–H groups in total. The van der Waals surface area contributed by atoms with Crippen molar-refractivity contribution in [1.29, 1.82) is 5.26 Å². The number of nitrogens with zero attached hydrogens (tertiary/aromatic N) is 1. The Kier molecular flexibility index (Phi) is 6.53. The summed E-state index contributed by atoms with van der Waals surface area (Å²) < 4.78 is 16.9. The van der Waals surface area contributed by atoms with Crippen molar-refractivity contribution >= 4 is 8.32 Å². The number of hydrogen-bond donors (Lipinski definition) is 1. The van der Waals surface area contributed by atoms with Gasteiger partial charge in [0.05, 0.1) is 6.07 Å². The van der Waals surface area contributed by atoms with E-state index in [1.54, 1.807) is 13.2 Å². The molecule has 22 heavy (non-hydrogen) atoms. The molecule has 0 saturated carbocycles. The summed E-state index contributed by atoms with van der Waals surface area (Å²) in [6, 6.07) is 1.96. The number of hydrogen-bond acceptors (Lipinski definition) is 5. The fourth-order valence-electron chi connectivity index (χ4n) is 1.94. The van der Waals surface area contributed by atoms with Crippen molar-refractivity contribution in [3.05, 3.63) is 23.8 Å². The Bertz CT molecular complexity index is 474. The fourth-order valence-corrected chi connectivity index (χ4v) is 3.23. The van der Waals surface area contributed by atoms with Crippen LogP contribution in [-0.4, -0.2) is 45.6 Å². The quantitative estimate of drug-likeness (QED) is 0.478. The van der Waals surface area contributed by atoms with Crippen LogP contribution in [0.25, 0.3) is 0 Å². The molecule has 1 rings (SSSR count). The zero-order valence-corrected chi connectivity index (χ0v) is 15.3. The van der Waals surface area contributed by atoms with Gasteiger partial charge in [0.15, 0.2) is 8.32 Å². The molecule has 0 aromatic heterocycles. The average Bonchev–Trinajstić information content (AvgIpc) is 2.41. The summed E-state index contributed by atoms with van der Waals surface area (Å²) in [5.74, 6) is 0. The van der Waals surface area contributed by atoms with Gasteiger partial charge < -0.3 is 19.0 Å². The maximum atomic E-state index is 10.6. The normalized spacial score (nSPS) is 27.9.